The van der Waals surface area contributed by atoms with Crippen LogP contribution in [0.5, 0.6) is 5.75 Å². The average molecular weight is 588 g/mol. The lowest BCUT2D eigenvalue weighted by atomic mass is 10.1. The molecule has 12 heteroatoms. The summed E-state index contributed by atoms with van der Waals surface area (Å²) in [5.74, 6) is -0.0315. The highest BCUT2D eigenvalue weighted by molar-refractivity contribution is 7.86. The molecule has 1 unspecified atom stereocenters. The second-order valence-electron chi connectivity index (χ2n) is 10.2. The molecule has 1 atom stereocenters. The molecule has 3 heterocycles. The van der Waals surface area contributed by atoms with Crippen LogP contribution in [0.4, 0.5) is 11.6 Å². The maximum atomic E-state index is 13.6. The highest BCUT2D eigenvalue weighted by atomic mass is 32.2. The van der Waals surface area contributed by atoms with Crippen molar-refractivity contribution in [2.24, 2.45) is 0 Å². The van der Waals surface area contributed by atoms with E-state index in [2.05, 4.69) is 42.4 Å². The largest absolute Gasteiger partial charge is 0.382 e. The average Bonchev–Trinajstić information content (AvgIpc) is 2.98. The number of likely N-dealkylation sites (N-methyl/N-ethyl adjacent to an activating group) is 1. The number of benzene rings is 2. The Balaban J connectivity index is 1.45. The van der Waals surface area contributed by atoms with Crippen LogP contribution >= 0.6 is 0 Å². The molecule has 1 saturated heterocycles. The fourth-order valence-electron chi connectivity index (χ4n) is 4.72. The molecule has 2 aromatic carbocycles. The number of nitrogens with one attached hydrogen (secondary N) is 2. The maximum Gasteiger partial charge on any atom is 0.306 e. The van der Waals surface area contributed by atoms with E-state index < -0.39 is 22.2 Å². The predicted octanol–water partition coefficient (Wildman–Crippen LogP) is 3.61. The summed E-state index contributed by atoms with van der Waals surface area (Å²) in [7, 11) is -1.75. The van der Waals surface area contributed by atoms with Crippen LogP contribution < -0.4 is 14.8 Å². The molecule has 4 aromatic rings. The van der Waals surface area contributed by atoms with E-state index in [4.69, 9.17) is 4.18 Å². The molecule has 2 aromatic heterocycles. The SMILES string of the molecule is Cc1ccc(C(NC(=O)c2ccccc2OS(C)(=O)=O)N2CCN(C)CC2)cc1Nc1nccc(-c2cccnc2)n1. The first-order chi connectivity index (χ1) is 20.2. The van der Waals surface area contributed by atoms with E-state index in [1.807, 2.05) is 43.3 Å². The molecule has 218 valence electrons. The van der Waals surface area contributed by atoms with E-state index in [9.17, 15) is 13.2 Å². The molecule has 1 amide bonds. The van der Waals surface area contributed by atoms with Gasteiger partial charge in [0.25, 0.3) is 5.91 Å². The minimum absolute atomic E-state index is 0.0217. The molecule has 0 spiro atoms. The number of piperazine rings is 1. The van der Waals surface area contributed by atoms with Gasteiger partial charge in [0, 0.05) is 56.0 Å². The first-order valence-corrected chi connectivity index (χ1v) is 15.3. The third-order valence-corrected chi connectivity index (χ3v) is 7.46. The topological polar surface area (TPSA) is 130 Å². The van der Waals surface area contributed by atoms with Crippen LogP contribution in [-0.2, 0) is 10.1 Å². The molecule has 0 aliphatic carbocycles. The standard InChI is InChI=1S/C30H33N7O4S/c1-21-10-11-22(19-26(21)34-30-32-14-12-25(33-30)23-7-6-13-31-20-23)28(37-17-15-36(2)16-18-37)35-29(38)24-8-4-5-9-27(24)41-42(3,39)40/h4-14,19-20,28H,15-18H2,1-3H3,(H,35,38)(H,32,33,34). The summed E-state index contributed by atoms with van der Waals surface area (Å²) in [5.41, 5.74) is 4.38. The van der Waals surface area contributed by atoms with Crippen molar-refractivity contribution in [3.05, 3.63) is 95.9 Å². The summed E-state index contributed by atoms with van der Waals surface area (Å²) in [6.07, 6.45) is 5.62. The highest BCUT2D eigenvalue weighted by Gasteiger charge is 2.28. The van der Waals surface area contributed by atoms with Crippen LogP contribution in [0.25, 0.3) is 11.3 Å². The summed E-state index contributed by atoms with van der Waals surface area (Å²) in [6.45, 7) is 5.13. The second kappa shape index (κ2) is 12.6. The van der Waals surface area contributed by atoms with Gasteiger partial charge in [-0.3, -0.25) is 14.7 Å². The normalized spacial score (nSPS) is 15.1. The van der Waals surface area contributed by atoms with Crippen LogP contribution in [0.3, 0.4) is 0 Å². The Hall–Kier alpha value is -4.39. The van der Waals surface area contributed by atoms with Crippen molar-refractivity contribution in [3.63, 3.8) is 0 Å². The number of anilines is 2. The lowest BCUT2D eigenvalue weighted by Crippen LogP contribution is -2.50. The van der Waals surface area contributed by atoms with Crippen molar-refractivity contribution in [2.45, 2.75) is 13.1 Å². The van der Waals surface area contributed by atoms with Crippen molar-refractivity contribution < 1.29 is 17.4 Å². The van der Waals surface area contributed by atoms with Crippen molar-refractivity contribution >= 4 is 27.7 Å². The van der Waals surface area contributed by atoms with Gasteiger partial charge in [0.15, 0.2) is 5.75 Å². The lowest BCUT2D eigenvalue weighted by Gasteiger charge is -2.38. The Bertz CT molecular complexity index is 1660. The zero-order valence-electron chi connectivity index (χ0n) is 23.7. The Kier molecular flexibility index (Phi) is 8.76. The smallest absolute Gasteiger partial charge is 0.306 e. The monoisotopic (exact) mass is 587 g/mol. The summed E-state index contributed by atoms with van der Waals surface area (Å²) >= 11 is 0. The van der Waals surface area contributed by atoms with Crippen LogP contribution in [0.15, 0.2) is 79.3 Å². The predicted molar refractivity (Wildman–Crippen MR) is 161 cm³/mol. The Morgan fingerprint density at radius 1 is 1.00 bits per heavy atom. The fourth-order valence-corrected chi connectivity index (χ4v) is 5.19. The number of nitrogens with zero attached hydrogens (tertiary/aromatic N) is 5. The first-order valence-electron chi connectivity index (χ1n) is 13.5. The van der Waals surface area contributed by atoms with E-state index in [1.165, 1.54) is 6.07 Å². The molecule has 1 aliphatic rings. The third kappa shape index (κ3) is 7.27. The molecule has 1 aliphatic heterocycles. The number of rotatable bonds is 9. The van der Waals surface area contributed by atoms with E-state index in [0.29, 0.717) is 5.95 Å². The molecule has 0 saturated carbocycles. The molecule has 42 heavy (non-hydrogen) atoms. The van der Waals surface area contributed by atoms with Crippen molar-refractivity contribution in [1.29, 1.82) is 0 Å². The van der Waals surface area contributed by atoms with Gasteiger partial charge in [0.2, 0.25) is 5.95 Å². The van der Waals surface area contributed by atoms with Crippen LogP contribution in [0, 0.1) is 6.92 Å². The first kappa shape index (κ1) is 29.1. The van der Waals surface area contributed by atoms with E-state index in [-0.39, 0.29) is 11.3 Å². The molecule has 11 nitrogen and oxygen atoms in total. The van der Waals surface area contributed by atoms with Gasteiger partial charge in [0.1, 0.15) is 6.17 Å². The Morgan fingerprint density at radius 2 is 1.79 bits per heavy atom. The van der Waals surface area contributed by atoms with Crippen molar-refractivity contribution in [1.82, 2.24) is 30.1 Å². The quantitative estimate of drug-likeness (QED) is 0.280. The molecule has 0 bridgehead atoms. The number of carbonyl (C=O) groups excluding carboxylic acids is 1. The van der Waals surface area contributed by atoms with E-state index in [0.717, 1.165) is 60.5 Å². The number of para-hydroxylation sites is 1. The van der Waals surface area contributed by atoms with Crippen molar-refractivity contribution in [3.8, 4) is 17.0 Å². The van der Waals surface area contributed by atoms with Gasteiger partial charge < -0.3 is 19.7 Å². The number of aromatic nitrogens is 3. The highest BCUT2D eigenvalue weighted by Crippen LogP contribution is 2.28. The zero-order chi connectivity index (χ0) is 29.7. The van der Waals surface area contributed by atoms with Gasteiger partial charge in [-0.1, -0.05) is 24.3 Å². The lowest BCUT2D eigenvalue weighted by molar-refractivity contribution is 0.0718. The molecule has 5 rings (SSSR count). The maximum absolute atomic E-state index is 13.6. The fraction of sp³-hybridized carbons (Fsp3) is 0.267. The summed E-state index contributed by atoms with van der Waals surface area (Å²) < 4.78 is 28.8. The van der Waals surface area contributed by atoms with E-state index in [1.54, 1.807) is 36.8 Å². The van der Waals surface area contributed by atoms with Crippen LogP contribution in [-0.4, -0.2) is 78.6 Å². The van der Waals surface area contributed by atoms with Crippen LogP contribution in [0.1, 0.15) is 27.7 Å². The van der Waals surface area contributed by atoms with Gasteiger partial charge >= 0.3 is 10.1 Å². The second-order valence-corrected chi connectivity index (χ2v) is 11.8. The number of amides is 1. The summed E-state index contributed by atoms with van der Waals surface area (Å²) in [5, 5.41) is 6.47. The number of hydrogen-bond acceptors (Lipinski definition) is 10. The Morgan fingerprint density at radius 3 is 2.52 bits per heavy atom. The zero-order valence-corrected chi connectivity index (χ0v) is 24.5. The number of pyridine rings is 1. The van der Waals surface area contributed by atoms with Gasteiger partial charge in [0.05, 0.1) is 17.5 Å². The molecular formula is C30H33N7O4S. The van der Waals surface area contributed by atoms with Crippen LogP contribution in [0.2, 0.25) is 0 Å². The third-order valence-electron chi connectivity index (χ3n) is 6.98. The minimum Gasteiger partial charge on any atom is -0.382 e. The van der Waals surface area contributed by atoms with E-state index >= 15 is 0 Å². The molecule has 1 fully saturated rings. The minimum atomic E-state index is -3.82. The van der Waals surface area contributed by atoms with Gasteiger partial charge in [-0.15, -0.1) is 0 Å². The molecule has 0 radical (unpaired) electrons. The summed E-state index contributed by atoms with van der Waals surface area (Å²) in [4.78, 5) is 31.3. The van der Waals surface area contributed by atoms with Gasteiger partial charge in [-0.05, 0) is 61.5 Å². The Labute approximate surface area is 245 Å². The van der Waals surface area contributed by atoms with Gasteiger partial charge in [-0.2, -0.15) is 8.42 Å². The molecular weight excluding hydrogens is 554 g/mol. The number of hydrogen-bond donors (Lipinski definition) is 2. The molecule has 2 N–H and O–H groups in total. The van der Waals surface area contributed by atoms with Crippen molar-refractivity contribution in [2.75, 3.05) is 44.8 Å². The van der Waals surface area contributed by atoms with Gasteiger partial charge in [-0.25, -0.2) is 9.97 Å². The number of aryl methyl sites for hydroxylation is 1. The summed E-state index contributed by atoms with van der Waals surface area (Å²) in [6, 6.07) is 17.9. The number of carbonyl (C=O) groups is 1.